The molecule has 0 fully saturated rings. The third-order valence-corrected chi connectivity index (χ3v) is 4.27. The van der Waals surface area contributed by atoms with Gasteiger partial charge < -0.3 is 9.88 Å². The van der Waals surface area contributed by atoms with Gasteiger partial charge in [0.1, 0.15) is 5.82 Å². The smallest absolute Gasteiger partial charge is 0.111 e. The SMILES string of the molecule is CCCNC(Cc1nc2ccccc2n1C)C(C)CC. The van der Waals surface area contributed by atoms with Gasteiger partial charge in [0.25, 0.3) is 0 Å². The fraction of sp³-hybridized carbons (Fsp3) is 0.588. The molecule has 0 saturated heterocycles. The van der Waals surface area contributed by atoms with E-state index in [1.54, 1.807) is 0 Å². The second-order valence-corrected chi connectivity index (χ2v) is 5.73. The number of hydrogen-bond donors (Lipinski definition) is 1. The Morgan fingerprint density at radius 2 is 2.00 bits per heavy atom. The van der Waals surface area contributed by atoms with E-state index >= 15 is 0 Å². The zero-order chi connectivity index (χ0) is 14.5. The number of rotatable bonds is 7. The standard InChI is InChI=1S/C17H27N3/c1-5-11-18-15(13(3)6-2)12-17-19-14-9-7-8-10-16(14)20(17)4/h7-10,13,15,18H,5-6,11-12H2,1-4H3. The van der Waals surface area contributed by atoms with Crippen LogP contribution in [0.3, 0.4) is 0 Å². The van der Waals surface area contributed by atoms with Crippen molar-refractivity contribution < 1.29 is 0 Å². The van der Waals surface area contributed by atoms with Crippen LogP contribution in [-0.2, 0) is 13.5 Å². The number of aryl methyl sites for hydroxylation is 1. The van der Waals surface area contributed by atoms with Crippen LogP contribution in [0.5, 0.6) is 0 Å². The van der Waals surface area contributed by atoms with Crippen LogP contribution >= 0.6 is 0 Å². The minimum absolute atomic E-state index is 0.510. The van der Waals surface area contributed by atoms with E-state index in [0.717, 1.165) is 18.5 Å². The lowest BCUT2D eigenvalue weighted by atomic mass is 9.96. The zero-order valence-corrected chi connectivity index (χ0v) is 13.2. The lowest BCUT2D eigenvalue weighted by molar-refractivity contribution is 0.358. The molecule has 3 nitrogen and oxygen atoms in total. The third kappa shape index (κ3) is 3.21. The summed E-state index contributed by atoms with van der Waals surface area (Å²) in [5.41, 5.74) is 2.32. The average molecular weight is 273 g/mol. The van der Waals surface area contributed by atoms with E-state index in [4.69, 9.17) is 4.98 Å². The van der Waals surface area contributed by atoms with E-state index in [9.17, 15) is 0 Å². The summed E-state index contributed by atoms with van der Waals surface area (Å²) in [6.45, 7) is 7.89. The van der Waals surface area contributed by atoms with Crippen LogP contribution in [0.1, 0.15) is 39.4 Å². The predicted molar refractivity (Wildman–Crippen MR) is 86.0 cm³/mol. The summed E-state index contributed by atoms with van der Waals surface area (Å²) in [5.74, 6) is 1.85. The first-order chi connectivity index (χ1) is 9.67. The first-order valence-electron chi connectivity index (χ1n) is 7.81. The lowest BCUT2D eigenvalue weighted by Gasteiger charge is -2.24. The Bertz CT molecular complexity index is 544. The van der Waals surface area contributed by atoms with Crippen LogP contribution in [0, 0.1) is 5.92 Å². The molecular formula is C17H27N3. The van der Waals surface area contributed by atoms with E-state index < -0.39 is 0 Å². The highest BCUT2D eigenvalue weighted by Crippen LogP contribution is 2.18. The Morgan fingerprint density at radius 1 is 1.25 bits per heavy atom. The van der Waals surface area contributed by atoms with Gasteiger partial charge in [-0.05, 0) is 31.0 Å². The second kappa shape index (κ2) is 6.89. The van der Waals surface area contributed by atoms with E-state index in [1.807, 2.05) is 0 Å². The molecule has 0 aliphatic heterocycles. The van der Waals surface area contributed by atoms with Crippen LogP contribution in [0.15, 0.2) is 24.3 Å². The molecule has 1 N–H and O–H groups in total. The van der Waals surface area contributed by atoms with E-state index in [-0.39, 0.29) is 0 Å². The molecule has 20 heavy (non-hydrogen) atoms. The quantitative estimate of drug-likeness (QED) is 0.836. The van der Waals surface area contributed by atoms with Gasteiger partial charge in [0.05, 0.1) is 11.0 Å². The molecule has 0 amide bonds. The van der Waals surface area contributed by atoms with Crippen molar-refractivity contribution >= 4 is 11.0 Å². The van der Waals surface area contributed by atoms with Crippen molar-refractivity contribution in [1.82, 2.24) is 14.9 Å². The molecule has 110 valence electrons. The third-order valence-electron chi connectivity index (χ3n) is 4.27. The van der Waals surface area contributed by atoms with Crippen molar-refractivity contribution in [2.45, 2.75) is 46.1 Å². The summed E-state index contributed by atoms with van der Waals surface area (Å²) in [6, 6.07) is 8.88. The summed E-state index contributed by atoms with van der Waals surface area (Å²) in [4.78, 5) is 4.80. The largest absolute Gasteiger partial charge is 0.331 e. The number of aromatic nitrogens is 2. The number of imidazole rings is 1. The summed E-state index contributed by atoms with van der Waals surface area (Å²) in [5, 5.41) is 3.69. The number of benzene rings is 1. The molecule has 1 heterocycles. The molecule has 0 spiro atoms. The van der Waals surface area contributed by atoms with Gasteiger partial charge in [-0.25, -0.2) is 4.98 Å². The van der Waals surface area contributed by atoms with Crippen molar-refractivity contribution in [2.75, 3.05) is 6.54 Å². The van der Waals surface area contributed by atoms with E-state index in [0.29, 0.717) is 12.0 Å². The molecule has 0 aliphatic carbocycles. The van der Waals surface area contributed by atoms with Crippen molar-refractivity contribution in [3.05, 3.63) is 30.1 Å². The number of nitrogens with zero attached hydrogens (tertiary/aromatic N) is 2. The monoisotopic (exact) mass is 273 g/mol. The van der Waals surface area contributed by atoms with E-state index in [2.05, 4.69) is 62.0 Å². The van der Waals surface area contributed by atoms with Crippen LogP contribution in [0.2, 0.25) is 0 Å². The fourth-order valence-corrected chi connectivity index (χ4v) is 2.66. The van der Waals surface area contributed by atoms with Gasteiger partial charge in [-0.3, -0.25) is 0 Å². The maximum absolute atomic E-state index is 4.80. The molecule has 1 aromatic carbocycles. The summed E-state index contributed by atoms with van der Waals surface area (Å²) < 4.78 is 2.23. The van der Waals surface area contributed by atoms with Gasteiger partial charge in [-0.1, -0.05) is 39.3 Å². The molecule has 1 aromatic heterocycles. The first kappa shape index (κ1) is 15.0. The maximum atomic E-state index is 4.80. The van der Waals surface area contributed by atoms with Gasteiger partial charge in [0.15, 0.2) is 0 Å². The van der Waals surface area contributed by atoms with Crippen LogP contribution in [0.25, 0.3) is 11.0 Å². The minimum atomic E-state index is 0.510. The normalized spacial score (nSPS) is 14.6. The molecule has 0 radical (unpaired) electrons. The number of nitrogens with one attached hydrogen (secondary N) is 1. The fourth-order valence-electron chi connectivity index (χ4n) is 2.66. The molecule has 2 rings (SSSR count). The van der Waals surface area contributed by atoms with Gasteiger partial charge >= 0.3 is 0 Å². The molecule has 0 bridgehead atoms. The summed E-state index contributed by atoms with van der Waals surface area (Å²) >= 11 is 0. The highest BCUT2D eigenvalue weighted by molar-refractivity contribution is 5.75. The Balaban J connectivity index is 2.21. The number of para-hydroxylation sites is 2. The van der Waals surface area contributed by atoms with Crippen molar-refractivity contribution in [3.8, 4) is 0 Å². The predicted octanol–water partition coefficient (Wildman–Crippen LogP) is 3.53. The van der Waals surface area contributed by atoms with Crippen molar-refractivity contribution in [2.24, 2.45) is 13.0 Å². The van der Waals surface area contributed by atoms with Crippen LogP contribution in [0.4, 0.5) is 0 Å². The molecule has 0 aliphatic rings. The molecule has 2 unspecified atom stereocenters. The Kier molecular flexibility index (Phi) is 5.18. The number of fused-ring (bicyclic) bond motifs is 1. The molecule has 2 aromatic rings. The van der Waals surface area contributed by atoms with Crippen LogP contribution in [-0.4, -0.2) is 22.1 Å². The van der Waals surface area contributed by atoms with Gasteiger partial charge in [0.2, 0.25) is 0 Å². The average Bonchev–Trinajstić information content (AvgIpc) is 2.79. The second-order valence-electron chi connectivity index (χ2n) is 5.73. The minimum Gasteiger partial charge on any atom is -0.331 e. The van der Waals surface area contributed by atoms with Crippen molar-refractivity contribution in [3.63, 3.8) is 0 Å². The number of hydrogen-bond acceptors (Lipinski definition) is 2. The highest BCUT2D eigenvalue weighted by atomic mass is 15.1. The highest BCUT2D eigenvalue weighted by Gasteiger charge is 2.18. The van der Waals surface area contributed by atoms with Gasteiger partial charge in [0, 0.05) is 19.5 Å². The first-order valence-corrected chi connectivity index (χ1v) is 7.81. The summed E-state index contributed by atoms with van der Waals surface area (Å²) in [7, 11) is 2.12. The summed E-state index contributed by atoms with van der Waals surface area (Å²) in [6.07, 6.45) is 3.38. The van der Waals surface area contributed by atoms with Crippen LogP contribution < -0.4 is 5.32 Å². The molecular weight excluding hydrogens is 246 g/mol. The van der Waals surface area contributed by atoms with Crippen molar-refractivity contribution in [1.29, 1.82) is 0 Å². The molecule has 0 saturated carbocycles. The maximum Gasteiger partial charge on any atom is 0.111 e. The Labute approximate surface area is 122 Å². The topological polar surface area (TPSA) is 29.9 Å². The Morgan fingerprint density at radius 3 is 2.65 bits per heavy atom. The van der Waals surface area contributed by atoms with E-state index in [1.165, 1.54) is 24.2 Å². The molecule has 2 atom stereocenters. The molecule has 3 heteroatoms. The van der Waals surface area contributed by atoms with Gasteiger partial charge in [-0.2, -0.15) is 0 Å². The van der Waals surface area contributed by atoms with Gasteiger partial charge in [-0.15, -0.1) is 0 Å². The Hall–Kier alpha value is -1.35. The zero-order valence-electron chi connectivity index (χ0n) is 13.2. The lowest BCUT2D eigenvalue weighted by Crippen LogP contribution is -2.37.